The Balaban J connectivity index is 1.91. The molecule has 6 nitrogen and oxygen atoms in total. The van der Waals surface area contributed by atoms with Crippen LogP contribution in [0.25, 0.3) is 0 Å². The number of ether oxygens (including phenoxy) is 1. The van der Waals surface area contributed by atoms with Gasteiger partial charge in [-0.3, -0.25) is 4.79 Å². The normalized spacial score (nSPS) is 11.2. The molecule has 0 unspecified atom stereocenters. The minimum absolute atomic E-state index is 0.0979. The van der Waals surface area contributed by atoms with E-state index in [1.54, 1.807) is 25.1 Å². The van der Waals surface area contributed by atoms with Crippen molar-refractivity contribution >= 4 is 15.9 Å². The van der Waals surface area contributed by atoms with Gasteiger partial charge in [0.2, 0.25) is 10.0 Å². The van der Waals surface area contributed by atoms with Crippen LogP contribution in [0.2, 0.25) is 0 Å². The van der Waals surface area contributed by atoms with Crippen LogP contribution in [0.3, 0.4) is 0 Å². The van der Waals surface area contributed by atoms with Crippen LogP contribution >= 0.6 is 0 Å². The highest BCUT2D eigenvalue weighted by Gasteiger charge is 2.13. The molecule has 26 heavy (non-hydrogen) atoms. The molecule has 2 N–H and O–H groups in total. The number of amides is 1. The Morgan fingerprint density at radius 2 is 1.88 bits per heavy atom. The predicted molar refractivity (Wildman–Crippen MR) is 101 cm³/mol. The number of carbonyl (C=O) groups is 1. The SMILES string of the molecule is CCNS(=O)(=O)c1cccc(CNC(=O)COc2ccc(C)cc2C)c1. The van der Waals surface area contributed by atoms with Crippen LogP contribution in [0, 0.1) is 13.8 Å². The van der Waals surface area contributed by atoms with E-state index in [1.165, 1.54) is 6.07 Å². The van der Waals surface area contributed by atoms with E-state index >= 15 is 0 Å². The molecule has 0 heterocycles. The van der Waals surface area contributed by atoms with Gasteiger partial charge in [-0.2, -0.15) is 0 Å². The molecular weight excluding hydrogens is 352 g/mol. The summed E-state index contributed by atoms with van der Waals surface area (Å²) in [5.74, 6) is 0.398. The van der Waals surface area contributed by atoms with Crippen molar-refractivity contribution in [2.45, 2.75) is 32.2 Å². The number of aryl methyl sites for hydroxylation is 2. The summed E-state index contributed by atoms with van der Waals surface area (Å²) < 4.78 is 32.0. The first-order chi connectivity index (χ1) is 12.3. The van der Waals surface area contributed by atoms with Crippen LogP contribution in [0.5, 0.6) is 5.75 Å². The Morgan fingerprint density at radius 3 is 2.58 bits per heavy atom. The number of sulfonamides is 1. The fourth-order valence-electron chi connectivity index (χ4n) is 2.45. The molecule has 0 saturated heterocycles. The smallest absolute Gasteiger partial charge is 0.258 e. The zero-order valence-electron chi connectivity index (χ0n) is 15.2. The molecule has 0 bridgehead atoms. The van der Waals surface area contributed by atoms with Crippen molar-refractivity contribution in [3.8, 4) is 5.75 Å². The van der Waals surface area contributed by atoms with E-state index in [0.717, 1.165) is 11.1 Å². The van der Waals surface area contributed by atoms with E-state index in [1.807, 2.05) is 32.0 Å². The molecule has 0 fully saturated rings. The van der Waals surface area contributed by atoms with E-state index in [9.17, 15) is 13.2 Å². The van der Waals surface area contributed by atoms with Crippen molar-refractivity contribution in [1.29, 1.82) is 0 Å². The summed E-state index contributed by atoms with van der Waals surface area (Å²) in [6.07, 6.45) is 0. The number of nitrogens with one attached hydrogen (secondary N) is 2. The van der Waals surface area contributed by atoms with Gasteiger partial charge in [0, 0.05) is 13.1 Å². The second-order valence-electron chi connectivity index (χ2n) is 5.98. The second kappa shape index (κ2) is 8.82. The Hall–Kier alpha value is -2.38. The van der Waals surface area contributed by atoms with E-state index in [-0.39, 0.29) is 24.0 Å². The first-order valence-corrected chi connectivity index (χ1v) is 9.85. The van der Waals surface area contributed by atoms with Gasteiger partial charge in [-0.05, 0) is 43.2 Å². The average molecular weight is 376 g/mol. The second-order valence-corrected chi connectivity index (χ2v) is 7.75. The maximum Gasteiger partial charge on any atom is 0.258 e. The van der Waals surface area contributed by atoms with E-state index in [4.69, 9.17) is 4.74 Å². The van der Waals surface area contributed by atoms with Gasteiger partial charge in [0.25, 0.3) is 5.91 Å². The highest BCUT2D eigenvalue weighted by Crippen LogP contribution is 2.18. The van der Waals surface area contributed by atoms with Gasteiger partial charge in [-0.1, -0.05) is 36.8 Å². The van der Waals surface area contributed by atoms with Crippen molar-refractivity contribution in [1.82, 2.24) is 10.0 Å². The molecule has 0 saturated carbocycles. The van der Waals surface area contributed by atoms with Crippen molar-refractivity contribution in [3.63, 3.8) is 0 Å². The van der Waals surface area contributed by atoms with E-state index < -0.39 is 10.0 Å². The highest BCUT2D eigenvalue weighted by molar-refractivity contribution is 7.89. The van der Waals surface area contributed by atoms with Gasteiger partial charge in [0.15, 0.2) is 6.61 Å². The molecule has 0 aliphatic heterocycles. The van der Waals surface area contributed by atoms with Crippen LogP contribution < -0.4 is 14.8 Å². The lowest BCUT2D eigenvalue weighted by Gasteiger charge is -2.11. The molecule has 0 aliphatic carbocycles. The maximum absolute atomic E-state index is 12.0. The van der Waals surface area contributed by atoms with Gasteiger partial charge in [-0.15, -0.1) is 0 Å². The lowest BCUT2D eigenvalue weighted by atomic mass is 10.1. The zero-order chi connectivity index (χ0) is 19.2. The van der Waals surface area contributed by atoms with Crippen molar-refractivity contribution < 1.29 is 17.9 Å². The van der Waals surface area contributed by atoms with Gasteiger partial charge in [0.1, 0.15) is 5.75 Å². The fraction of sp³-hybridized carbons (Fsp3) is 0.316. The predicted octanol–water partition coefficient (Wildman–Crippen LogP) is 2.30. The molecular formula is C19H24N2O4S. The summed E-state index contributed by atoms with van der Waals surface area (Å²) in [4.78, 5) is 12.2. The van der Waals surface area contributed by atoms with Crippen LogP contribution in [-0.4, -0.2) is 27.5 Å². The molecule has 0 aromatic heterocycles. The molecule has 7 heteroatoms. The first kappa shape index (κ1) is 19.9. The van der Waals surface area contributed by atoms with Gasteiger partial charge < -0.3 is 10.1 Å². The number of carbonyl (C=O) groups excluding carboxylic acids is 1. The van der Waals surface area contributed by atoms with Gasteiger partial charge in [0.05, 0.1) is 4.90 Å². The van der Waals surface area contributed by atoms with Crippen LogP contribution in [-0.2, 0) is 21.4 Å². The Kier molecular flexibility index (Phi) is 6.76. The topological polar surface area (TPSA) is 84.5 Å². The highest BCUT2D eigenvalue weighted by atomic mass is 32.2. The molecule has 1 amide bonds. The van der Waals surface area contributed by atoms with E-state index in [0.29, 0.717) is 17.9 Å². The summed E-state index contributed by atoms with van der Waals surface area (Å²) in [7, 11) is -3.51. The zero-order valence-corrected chi connectivity index (χ0v) is 16.0. The average Bonchev–Trinajstić information content (AvgIpc) is 2.59. The monoisotopic (exact) mass is 376 g/mol. The third kappa shape index (κ3) is 5.57. The minimum atomic E-state index is -3.51. The Bertz CT molecular complexity index is 879. The summed E-state index contributed by atoms with van der Waals surface area (Å²) in [6.45, 7) is 6.09. The summed E-state index contributed by atoms with van der Waals surface area (Å²) in [5.41, 5.74) is 2.80. The van der Waals surface area contributed by atoms with Crippen molar-refractivity contribution in [2.75, 3.05) is 13.2 Å². The van der Waals surface area contributed by atoms with E-state index in [2.05, 4.69) is 10.0 Å². The summed E-state index contributed by atoms with van der Waals surface area (Å²) in [6, 6.07) is 12.2. The largest absolute Gasteiger partial charge is 0.484 e. The third-order valence-electron chi connectivity index (χ3n) is 3.72. The van der Waals surface area contributed by atoms with Gasteiger partial charge in [-0.25, -0.2) is 13.1 Å². The Morgan fingerprint density at radius 1 is 1.12 bits per heavy atom. The van der Waals surface area contributed by atoms with Crippen LogP contribution in [0.4, 0.5) is 0 Å². The molecule has 0 spiro atoms. The standard InChI is InChI=1S/C19H24N2O4S/c1-4-21-26(23,24)17-7-5-6-16(11-17)12-20-19(22)13-25-18-9-8-14(2)10-15(18)3/h5-11,21H,4,12-13H2,1-3H3,(H,20,22). The number of rotatable bonds is 8. The molecule has 140 valence electrons. The summed E-state index contributed by atoms with van der Waals surface area (Å²) >= 11 is 0. The minimum Gasteiger partial charge on any atom is -0.484 e. The number of hydrogen-bond acceptors (Lipinski definition) is 4. The quantitative estimate of drug-likeness (QED) is 0.740. The maximum atomic E-state index is 12.0. The molecule has 0 radical (unpaired) electrons. The molecule has 2 aromatic rings. The van der Waals surface area contributed by atoms with Crippen LogP contribution in [0.15, 0.2) is 47.4 Å². The third-order valence-corrected chi connectivity index (χ3v) is 5.27. The molecule has 0 aliphatic rings. The molecule has 2 aromatic carbocycles. The fourth-order valence-corrected chi connectivity index (χ4v) is 3.56. The molecule has 0 atom stereocenters. The first-order valence-electron chi connectivity index (χ1n) is 8.37. The lowest BCUT2D eigenvalue weighted by Crippen LogP contribution is -2.28. The summed E-state index contributed by atoms with van der Waals surface area (Å²) in [5, 5.41) is 2.73. The molecule has 2 rings (SSSR count). The lowest BCUT2D eigenvalue weighted by molar-refractivity contribution is -0.123. The Labute approximate surface area is 154 Å². The van der Waals surface area contributed by atoms with Crippen molar-refractivity contribution in [2.24, 2.45) is 0 Å². The van der Waals surface area contributed by atoms with Gasteiger partial charge >= 0.3 is 0 Å². The number of benzene rings is 2. The van der Waals surface area contributed by atoms with Crippen LogP contribution in [0.1, 0.15) is 23.6 Å². The van der Waals surface area contributed by atoms with Crippen molar-refractivity contribution in [3.05, 3.63) is 59.2 Å². The number of hydrogen-bond donors (Lipinski definition) is 2.